The molecule has 110 valence electrons. The van der Waals surface area contributed by atoms with Crippen LogP contribution in [0.5, 0.6) is 0 Å². The first-order valence-electron chi connectivity index (χ1n) is 7.62. The van der Waals surface area contributed by atoms with E-state index in [1.807, 2.05) is 11.7 Å². The summed E-state index contributed by atoms with van der Waals surface area (Å²) in [7, 11) is 1.72. The lowest BCUT2D eigenvalue weighted by Gasteiger charge is -2.32. The molecule has 0 atom stereocenters. The van der Waals surface area contributed by atoms with Crippen LogP contribution in [0.2, 0.25) is 0 Å². The third kappa shape index (κ3) is 1.94. The number of hydrogen-bond acceptors (Lipinski definition) is 3. The summed E-state index contributed by atoms with van der Waals surface area (Å²) in [5.41, 5.74) is 2.92. The van der Waals surface area contributed by atoms with Gasteiger partial charge >= 0.3 is 7.12 Å². The lowest BCUT2D eigenvalue weighted by molar-refractivity contribution is 0.00578. The Hall–Kier alpha value is -0.805. The Bertz CT molecular complexity index is 516. The van der Waals surface area contributed by atoms with Crippen molar-refractivity contribution in [2.45, 2.75) is 71.0 Å². The van der Waals surface area contributed by atoms with Gasteiger partial charge in [0.15, 0.2) is 0 Å². The lowest BCUT2D eigenvalue weighted by Crippen LogP contribution is -2.41. The summed E-state index contributed by atoms with van der Waals surface area (Å²) in [6.07, 6.45) is 3.79. The fourth-order valence-corrected chi connectivity index (χ4v) is 2.89. The molecule has 0 N–H and O–H groups in total. The molecule has 1 aliphatic heterocycles. The van der Waals surface area contributed by atoms with Crippen LogP contribution in [0, 0.1) is 6.92 Å². The standard InChI is InChI=1S/C15H25BN2O2/c1-10-12(13(17-18(10)6)11-8-7-9-11)16-19-14(2,3)15(4,5)20-16/h11H,7-9H2,1-6H3. The number of nitrogens with zero attached hydrogens (tertiary/aromatic N) is 2. The van der Waals surface area contributed by atoms with Gasteiger partial charge in [0, 0.05) is 24.1 Å². The number of aromatic nitrogens is 2. The van der Waals surface area contributed by atoms with Crippen LogP contribution in [0.3, 0.4) is 0 Å². The molecule has 20 heavy (non-hydrogen) atoms. The molecule has 5 heteroatoms. The quantitative estimate of drug-likeness (QED) is 0.778. The maximum absolute atomic E-state index is 6.23. The van der Waals surface area contributed by atoms with E-state index in [4.69, 9.17) is 14.4 Å². The second-order valence-corrected chi connectivity index (χ2v) is 7.22. The Labute approximate surface area is 122 Å². The highest BCUT2D eigenvalue weighted by atomic mass is 16.7. The molecule has 1 saturated heterocycles. The van der Waals surface area contributed by atoms with Crippen LogP contribution in [-0.2, 0) is 16.4 Å². The van der Waals surface area contributed by atoms with E-state index in [1.165, 1.54) is 25.0 Å². The van der Waals surface area contributed by atoms with Crippen LogP contribution in [0.25, 0.3) is 0 Å². The van der Waals surface area contributed by atoms with Gasteiger partial charge < -0.3 is 9.31 Å². The van der Waals surface area contributed by atoms with E-state index in [1.54, 1.807) is 0 Å². The number of rotatable bonds is 2. The zero-order valence-electron chi connectivity index (χ0n) is 13.5. The van der Waals surface area contributed by atoms with E-state index in [9.17, 15) is 0 Å². The van der Waals surface area contributed by atoms with Crippen molar-refractivity contribution < 1.29 is 9.31 Å². The van der Waals surface area contributed by atoms with Gasteiger partial charge in [-0.1, -0.05) is 6.42 Å². The smallest absolute Gasteiger partial charge is 0.399 e. The van der Waals surface area contributed by atoms with Crippen molar-refractivity contribution in [1.82, 2.24) is 9.78 Å². The van der Waals surface area contributed by atoms with Crippen molar-refractivity contribution in [3.8, 4) is 0 Å². The minimum absolute atomic E-state index is 0.288. The molecule has 0 unspecified atom stereocenters. The number of hydrogen-bond donors (Lipinski definition) is 0. The van der Waals surface area contributed by atoms with Crippen LogP contribution < -0.4 is 5.46 Å². The first-order valence-corrected chi connectivity index (χ1v) is 7.62. The second-order valence-electron chi connectivity index (χ2n) is 7.22. The van der Waals surface area contributed by atoms with E-state index >= 15 is 0 Å². The molecule has 2 aliphatic rings. The van der Waals surface area contributed by atoms with Crippen molar-refractivity contribution in [3.63, 3.8) is 0 Å². The van der Waals surface area contributed by atoms with Gasteiger partial charge in [0.2, 0.25) is 0 Å². The third-order valence-electron chi connectivity index (χ3n) is 5.39. The Balaban J connectivity index is 1.99. The maximum atomic E-state index is 6.23. The summed E-state index contributed by atoms with van der Waals surface area (Å²) in [5, 5.41) is 4.73. The topological polar surface area (TPSA) is 36.3 Å². The van der Waals surface area contributed by atoms with Crippen molar-refractivity contribution in [3.05, 3.63) is 11.4 Å². The Morgan fingerprint density at radius 1 is 1.15 bits per heavy atom. The average molecular weight is 276 g/mol. The van der Waals surface area contributed by atoms with Crippen molar-refractivity contribution in [2.75, 3.05) is 0 Å². The van der Waals surface area contributed by atoms with Gasteiger partial charge in [-0.2, -0.15) is 5.10 Å². The van der Waals surface area contributed by atoms with E-state index in [-0.39, 0.29) is 18.3 Å². The van der Waals surface area contributed by atoms with Gasteiger partial charge in [0.1, 0.15) is 0 Å². The molecule has 1 saturated carbocycles. The van der Waals surface area contributed by atoms with Crippen LogP contribution in [0.1, 0.15) is 64.3 Å². The third-order valence-corrected chi connectivity index (χ3v) is 5.39. The molecule has 0 bridgehead atoms. The molecule has 1 aromatic heterocycles. The summed E-state index contributed by atoms with van der Waals surface area (Å²) >= 11 is 0. The Morgan fingerprint density at radius 3 is 2.15 bits per heavy atom. The fraction of sp³-hybridized carbons (Fsp3) is 0.800. The second kappa shape index (κ2) is 4.34. The largest absolute Gasteiger partial charge is 0.498 e. The highest BCUT2D eigenvalue weighted by Crippen LogP contribution is 2.39. The SMILES string of the molecule is Cc1c(B2OC(C)(C)C(C)(C)O2)c(C2CCC2)nn1C. The predicted octanol–water partition coefficient (Wildman–Crippen LogP) is 2.30. The summed E-state index contributed by atoms with van der Waals surface area (Å²) in [4.78, 5) is 0. The van der Waals surface area contributed by atoms with Crippen molar-refractivity contribution in [1.29, 1.82) is 0 Å². The van der Waals surface area contributed by atoms with Gasteiger partial charge in [-0.15, -0.1) is 0 Å². The van der Waals surface area contributed by atoms with Crippen LogP contribution in [0.4, 0.5) is 0 Å². The Morgan fingerprint density at radius 2 is 1.70 bits per heavy atom. The highest BCUT2D eigenvalue weighted by Gasteiger charge is 2.53. The van der Waals surface area contributed by atoms with Gasteiger partial charge in [-0.05, 0) is 47.5 Å². The van der Waals surface area contributed by atoms with Gasteiger partial charge in [0.05, 0.1) is 16.9 Å². The lowest BCUT2D eigenvalue weighted by atomic mass is 9.71. The molecule has 3 rings (SSSR count). The van der Waals surface area contributed by atoms with E-state index in [2.05, 4.69) is 34.6 Å². The summed E-state index contributed by atoms with van der Waals surface area (Å²) in [6, 6.07) is 0. The molecule has 2 fully saturated rings. The van der Waals surface area contributed by atoms with Crippen LogP contribution >= 0.6 is 0 Å². The van der Waals surface area contributed by atoms with E-state index in [0.29, 0.717) is 5.92 Å². The molecule has 0 spiro atoms. The molecular weight excluding hydrogens is 251 g/mol. The first kappa shape index (κ1) is 14.1. The number of aryl methyl sites for hydroxylation is 1. The molecule has 0 radical (unpaired) electrons. The molecule has 1 aromatic rings. The zero-order chi connectivity index (χ0) is 14.7. The fourth-order valence-electron chi connectivity index (χ4n) is 2.89. The molecule has 0 amide bonds. The maximum Gasteiger partial charge on any atom is 0.498 e. The molecular formula is C15H25BN2O2. The predicted molar refractivity (Wildman–Crippen MR) is 80.3 cm³/mol. The minimum Gasteiger partial charge on any atom is -0.399 e. The van der Waals surface area contributed by atoms with Crippen LogP contribution in [0.15, 0.2) is 0 Å². The molecule has 1 aliphatic carbocycles. The zero-order valence-corrected chi connectivity index (χ0v) is 13.5. The summed E-state index contributed by atoms with van der Waals surface area (Å²) in [5.74, 6) is 0.587. The van der Waals surface area contributed by atoms with E-state index in [0.717, 1.165) is 11.2 Å². The van der Waals surface area contributed by atoms with Crippen LogP contribution in [-0.4, -0.2) is 28.1 Å². The van der Waals surface area contributed by atoms with Crippen molar-refractivity contribution in [2.24, 2.45) is 7.05 Å². The summed E-state index contributed by atoms with van der Waals surface area (Å²) < 4.78 is 14.4. The highest BCUT2D eigenvalue weighted by molar-refractivity contribution is 6.63. The van der Waals surface area contributed by atoms with E-state index < -0.39 is 0 Å². The van der Waals surface area contributed by atoms with Gasteiger partial charge in [-0.3, -0.25) is 4.68 Å². The monoisotopic (exact) mass is 276 g/mol. The molecule has 2 heterocycles. The Kier molecular flexibility index (Phi) is 3.07. The minimum atomic E-state index is -0.295. The molecule has 4 nitrogen and oxygen atoms in total. The summed E-state index contributed by atoms with van der Waals surface area (Å²) in [6.45, 7) is 10.5. The van der Waals surface area contributed by atoms with Gasteiger partial charge in [-0.25, -0.2) is 0 Å². The van der Waals surface area contributed by atoms with Crippen molar-refractivity contribution >= 4 is 12.6 Å². The average Bonchev–Trinajstić information content (AvgIpc) is 2.61. The molecule has 0 aromatic carbocycles. The normalized spacial score (nSPS) is 25.0. The van der Waals surface area contributed by atoms with Gasteiger partial charge in [0.25, 0.3) is 0 Å². The first-order chi connectivity index (χ1) is 9.23.